The van der Waals surface area contributed by atoms with E-state index < -0.39 is 10.0 Å². The fraction of sp³-hybridized carbons (Fsp3) is 0.462. The van der Waals surface area contributed by atoms with Gasteiger partial charge in [-0.25, -0.2) is 0 Å². The van der Waals surface area contributed by atoms with E-state index in [1.54, 1.807) is 31.6 Å². The summed E-state index contributed by atoms with van der Waals surface area (Å²) >= 11 is 2.15. The first-order chi connectivity index (χ1) is 17.4. The first kappa shape index (κ1) is 28.3. The third-order valence-electron chi connectivity index (χ3n) is 5.64. The van der Waals surface area contributed by atoms with Crippen molar-refractivity contribution in [2.24, 2.45) is 4.40 Å². The minimum atomic E-state index is -3.87. The van der Waals surface area contributed by atoms with Gasteiger partial charge in [0.15, 0.2) is 16.7 Å². The molecule has 1 aromatic heterocycles. The van der Waals surface area contributed by atoms with Gasteiger partial charge in [-0.1, -0.05) is 57.6 Å². The fourth-order valence-electron chi connectivity index (χ4n) is 3.70. The van der Waals surface area contributed by atoms with Gasteiger partial charge >= 0.3 is 0 Å². The van der Waals surface area contributed by atoms with E-state index in [9.17, 15) is 13.2 Å². The van der Waals surface area contributed by atoms with Crippen molar-refractivity contribution in [1.29, 1.82) is 0 Å². The van der Waals surface area contributed by atoms with E-state index in [0.29, 0.717) is 29.6 Å². The van der Waals surface area contributed by atoms with Crippen LogP contribution >= 0.6 is 23.1 Å². The van der Waals surface area contributed by atoms with Crippen LogP contribution in [0.5, 0.6) is 11.5 Å². The molecule has 2 heterocycles. The fourth-order valence-corrected chi connectivity index (χ4v) is 6.91. The zero-order valence-electron chi connectivity index (χ0n) is 21.1. The number of hydrogen-bond acceptors (Lipinski definition) is 7. The number of methoxy groups -OCH3 is 1. The highest BCUT2D eigenvalue weighted by Gasteiger charge is 2.34. The molecule has 1 amide bonds. The second-order valence-corrected chi connectivity index (χ2v) is 12.1. The molecule has 1 saturated heterocycles. The zero-order chi connectivity index (χ0) is 26.0. The molecule has 0 atom stereocenters. The summed E-state index contributed by atoms with van der Waals surface area (Å²) < 4.78 is 40.8. The van der Waals surface area contributed by atoms with Gasteiger partial charge < -0.3 is 9.47 Å². The van der Waals surface area contributed by atoms with Crippen molar-refractivity contribution in [2.75, 3.05) is 20.3 Å². The molecule has 0 unspecified atom stereocenters. The van der Waals surface area contributed by atoms with Gasteiger partial charge in [0.05, 0.1) is 18.6 Å². The molecule has 10 heteroatoms. The molecular formula is C26H34N2O5S3. The van der Waals surface area contributed by atoms with Crippen LogP contribution in [0.15, 0.2) is 49.2 Å². The van der Waals surface area contributed by atoms with E-state index >= 15 is 0 Å². The van der Waals surface area contributed by atoms with Gasteiger partial charge in [-0.2, -0.15) is 8.42 Å². The first-order valence-electron chi connectivity index (χ1n) is 12.3. The molecule has 196 valence electrons. The molecule has 1 aliphatic heterocycles. The van der Waals surface area contributed by atoms with Gasteiger partial charge in [0.2, 0.25) is 0 Å². The number of carbonyl (C=O) groups excluding carboxylic acids is 1. The Kier molecular flexibility index (Phi) is 10.9. The number of nitrogens with zero attached hydrogens (tertiary/aromatic N) is 2. The maximum atomic E-state index is 12.9. The smallest absolute Gasteiger partial charge is 0.294 e. The summed E-state index contributed by atoms with van der Waals surface area (Å²) in [6.07, 6.45) is 10.2. The Labute approximate surface area is 222 Å². The van der Waals surface area contributed by atoms with E-state index in [1.165, 1.54) is 43.1 Å². The zero-order valence-corrected chi connectivity index (χ0v) is 23.5. The van der Waals surface area contributed by atoms with Gasteiger partial charge in [-0.05, 0) is 60.3 Å². The third-order valence-corrected chi connectivity index (χ3v) is 9.40. The molecule has 0 radical (unpaired) electrons. The maximum absolute atomic E-state index is 12.9. The number of hydrogen-bond donors (Lipinski definition) is 0. The SMILES string of the molecule is CCCCCCCCCOc1ccc(/C=C2\S/C(=N/S(=O)(=O)c3cccs3)N(CC)C2=O)cc1OC. The van der Waals surface area contributed by atoms with Gasteiger partial charge in [0.1, 0.15) is 4.21 Å². The molecule has 0 N–H and O–H groups in total. The maximum Gasteiger partial charge on any atom is 0.294 e. The van der Waals surface area contributed by atoms with Crippen molar-refractivity contribution >= 4 is 50.3 Å². The van der Waals surface area contributed by atoms with Crippen molar-refractivity contribution in [3.05, 3.63) is 46.2 Å². The summed E-state index contributed by atoms with van der Waals surface area (Å²) in [6, 6.07) is 8.67. The molecule has 1 aromatic carbocycles. The number of sulfonamides is 1. The average molecular weight is 551 g/mol. The van der Waals surface area contributed by atoms with Crippen molar-refractivity contribution < 1.29 is 22.7 Å². The van der Waals surface area contributed by atoms with Crippen LogP contribution in [0.1, 0.15) is 64.4 Å². The standard InChI is InChI=1S/C26H34N2O5S3/c1-4-6-7-8-9-10-11-16-33-21-15-14-20(18-22(21)32-3)19-23-25(29)28(5-2)26(35-23)27-36(30,31)24-13-12-17-34-24/h12-15,17-19H,4-11,16H2,1-3H3/b23-19-,27-26+. The Morgan fingerprint density at radius 3 is 2.44 bits per heavy atom. The predicted octanol–water partition coefficient (Wildman–Crippen LogP) is 6.57. The molecule has 1 fully saturated rings. The normalized spacial score (nSPS) is 16.3. The number of thioether (sulfide) groups is 1. The number of unbranched alkanes of at least 4 members (excludes halogenated alkanes) is 6. The molecule has 0 bridgehead atoms. The summed E-state index contributed by atoms with van der Waals surface area (Å²) in [6.45, 7) is 4.95. The lowest BCUT2D eigenvalue weighted by Crippen LogP contribution is -2.29. The quantitative estimate of drug-likeness (QED) is 0.195. The van der Waals surface area contributed by atoms with Crippen LogP contribution in [0.2, 0.25) is 0 Å². The number of likely N-dealkylation sites (N-methyl/N-ethyl adjacent to an activating group) is 1. The second kappa shape index (κ2) is 13.9. The molecule has 7 nitrogen and oxygen atoms in total. The third kappa shape index (κ3) is 7.60. The number of thiophene rings is 1. The molecule has 2 aromatic rings. The minimum absolute atomic E-state index is 0.147. The van der Waals surface area contributed by atoms with Crippen LogP contribution < -0.4 is 9.47 Å². The number of benzene rings is 1. The topological polar surface area (TPSA) is 85.3 Å². The molecule has 0 saturated carbocycles. The monoisotopic (exact) mass is 550 g/mol. The first-order valence-corrected chi connectivity index (χ1v) is 15.4. The van der Waals surface area contributed by atoms with E-state index in [2.05, 4.69) is 11.3 Å². The number of carbonyl (C=O) groups is 1. The Hall–Kier alpha value is -2.30. The Morgan fingerprint density at radius 2 is 1.78 bits per heavy atom. The van der Waals surface area contributed by atoms with Crippen LogP contribution in [-0.2, 0) is 14.8 Å². The van der Waals surface area contributed by atoms with Gasteiger partial charge in [-0.3, -0.25) is 9.69 Å². The second-order valence-electron chi connectivity index (χ2n) is 8.32. The molecular weight excluding hydrogens is 516 g/mol. The summed E-state index contributed by atoms with van der Waals surface area (Å²) in [5.74, 6) is 0.973. The van der Waals surface area contributed by atoms with Crippen molar-refractivity contribution in [1.82, 2.24) is 4.90 Å². The van der Waals surface area contributed by atoms with Gasteiger partial charge in [-0.15, -0.1) is 15.7 Å². The lowest BCUT2D eigenvalue weighted by molar-refractivity contribution is -0.122. The molecule has 0 spiro atoms. The summed E-state index contributed by atoms with van der Waals surface area (Å²) in [5, 5.41) is 1.84. The molecule has 36 heavy (non-hydrogen) atoms. The van der Waals surface area contributed by atoms with E-state index in [1.807, 2.05) is 18.2 Å². The molecule has 0 aliphatic carbocycles. The average Bonchev–Trinajstić information content (AvgIpc) is 3.50. The van der Waals surface area contributed by atoms with Crippen LogP contribution in [0.25, 0.3) is 6.08 Å². The van der Waals surface area contributed by atoms with Gasteiger partial charge in [0.25, 0.3) is 15.9 Å². The van der Waals surface area contributed by atoms with E-state index in [-0.39, 0.29) is 15.3 Å². The minimum Gasteiger partial charge on any atom is -0.493 e. The predicted molar refractivity (Wildman–Crippen MR) is 148 cm³/mol. The van der Waals surface area contributed by atoms with Crippen molar-refractivity contribution in [2.45, 2.75) is 63.0 Å². The largest absolute Gasteiger partial charge is 0.493 e. The van der Waals surface area contributed by atoms with E-state index in [4.69, 9.17) is 9.47 Å². The number of ether oxygens (including phenoxy) is 2. The van der Waals surface area contributed by atoms with Crippen LogP contribution in [0, 0.1) is 0 Å². The van der Waals surface area contributed by atoms with Crippen molar-refractivity contribution in [3.63, 3.8) is 0 Å². The Balaban J connectivity index is 1.67. The lowest BCUT2D eigenvalue weighted by Gasteiger charge is -2.12. The molecule has 1 aliphatic rings. The summed E-state index contributed by atoms with van der Waals surface area (Å²) in [5.41, 5.74) is 0.754. The van der Waals surface area contributed by atoms with Crippen molar-refractivity contribution in [3.8, 4) is 11.5 Å². The van der Waals surface area contributed by atoms with Crippen LogP contribution in [-0.4, -0.2) is 44.7 Å². The van der Waals surface area contributed by atoms with Crippen LogP contribution in [0.4, 0.5) is 0 Å². The number of amides is 1. The summed E-state index contributed by atoms with van der Waals surface area (Å²) in [4.78, 5) is 14.7. The Morgan fingerprint density at radius 1 is 1.03 bits per heavy atom. The number of rotatable bonds is 14. The summed E-state index contributed by atoms with van der Waals surface area (Å²) in [7, 11) is -2.29. The highest BCUT2D eigenvalue weighted by Crippen LogP contribution is 2.35. The Bertz CT molecular complexity index is 1170. The lowest BCUT2D eigenvalue weighted by atomic mass is 10.1. The highest BCUT2D eigenvalue weighted by molar-refractivity contribution is 8.19. The number of amidine groups is 1. The van der Waals surface area contributed by atoms with Crippen LogP contribution in [0.3, 0.4) is 0 Å². The van der Waals surface area contributed by atoms with Gasteiger partial charge in [0, 0.05) is 6.54 Å². The highest BCUT2D eigenvalue weighted by atomic mass is 32.2. The van der Waals surface area contributed by atoms with E-state index in [0.717, 1.165) is 41.5 Å². The molecule has 3 rings (SSSR count).